The number of hydrogen-bond donors (Lipinski definition) is 3. The fraction of sp³-hybridized carbons (Fsp3) is 0.250. The number of amides is 2. The minimum atomic E-state index is -10.1. The van der Waals surface area contributed by atoms with Gasteiger partial charge in [-0.05, 0) is 25.0 Å². The van der Waals surface area contributed by atoms with Crippen LogP contribution in [0.4, 0.5) is 25.2 Å². The number of anilines is 1. The molecule has 174 valence electrons. The number of carbonyl (C=O) groups excluding carboxylic acids is 2. The van der Waals surface area contributed by atoms with E-state index in [2.05, 4.69) is 10.4 Å². The van der Waals surface area contributed by atoms with Crippen molar-refractivity contribution >= 4 is 51.1 Å². The van der Waals surface area contributed by atoms with Crippen LogP contribution in [0.3, 0.4) is 0 Å². The molecular formula is C16H13Cl2F5N6O2S. The van der Waals surface area contributed by atoms with Crippen molar-refractivity contribution in [3.8, 4) is 11.8 Å². The van der Waals surface area contributed by atoms with Crippen LogP contribution in [0.25, 0.3) is 5.69 Å². The largest absolute Gasteiger partial charge is 0.369 e. The van der Waals surface area contributed by atoms with Gasteiger partial charge < -0.3 is 16.8 Å². The van der Waals surface area contributed by atoms with Crippen molar-refractivity contribution in [2.75, 3.05) is 11.9 Å². The Bertz CT molecular complexity index is 1200. The van der Waals surface area contributed by atoms with Crippen LogP contribution in [-0.4, -0.2) is 28.1 Å². The maximum atomic E-state index is 13.2. The number of nitrogens with two attached hydrogens (primary N) is 2. The standard InChI is InChI=1S/C16H13Cl2F5N6O2S/c17-8-3-7(32(19,20,21,22)23)4-9(18)13(8)29-14(27-6-11(25)30)12(10(5-24)28-29)16(1-2-16)15(26)31/h3-4,27H,1-2,6H2,(H2,25,30)(H2,26,31). The highest BCUT2D eigenvalue weighted by Gasteiger charge is 2.65. The predicted molar refractivity (Wildman–Crippen MR) is 107 cm³/mol. The van der Waals surface area contributed by atoms with E-state index in [1.54, 1.807) is 6.07 Å². The Hall–Kier alpha value is -2.76. The molecule has 5 N–H and O–H groups in total. The Kier molecular flexibility index (Phi) is 4.95. The molecule has 1 aliphatic carbocycles. The number of aromatic nitrogens is 2. The third-order valence-corrected chi connectivity index (χ3v) is 6.47. The fourth-order valence-electron chi connectivity index (χ4n) is 3.16. The van der Waals surface area contributed by atoms with Crippen LogP contribution in [0.2, 0.25) is 10.0 Å². The van der Waals surface area contributed by atoms with Crippen molar-refractivity contribution in [2.24, 2.45) is 11.5 Å². The molecule has 0 spiro atoms. The molecule has 2 aromatic rings. The lowest BCUT2D eigenvalue weighted by atomic mass is 9.94. The Labute approximate surface area is 186 Å². The minimum absolute atomic E-state index is 0.0312. The number of hydrogen-bond acceptors (Lipinski definition) is 5. The van der Waals surface area contributed by atoms with Gasteiger partial charge in [0, 0.05) is 5.56 Å². The van der Waals surface area contributed by atoms with E-state index < -0.39 is 54.6 Å². The average Bonchev–Trinajstić information content (AvgIpc) is 3.34. The van der Waals surface area contributed by atoms with Crippen LogP contribution < -0.4 is 16.8 Å². The van der Waals surface area contributed by atoms with Crippen LogP contribution in [0, 0.1) is 11.3 Å². The highest BCUT2D eigenvalue weighted by molar-refractivity contribution is 8.45. The van der Waals surface area contributed by atoms with Gasteiger partial charge in [0.1, 0.15) is 22.5 Å². The van der Waals surface area contributed by atoms with Gasteiger partial charge in [0.25, 0.3) is 0 Å². The van der Waals surface area contributed by atoms with E-state index in [1.165, 1.54) is 0 Å². The minimum Gasteiger partial charge on any atom is -0.369 e. The number of carbonyl (C=O) groups is 2. The van der Waals surface area contributed by atoms with E-state index >= 15 is 0 Å². The van der Waals surface area contributed by atoms with Crippen molar-refractivity contribution in [3.05, 3.63) is 33.4 Å². The van der Waals surface area contributed by atoms with Gasteiger partial charge in [-0.3, -0.25) is 9.59 Å². The first-order valence-corrected chi connectivity index (χ1v) is 11.2. The summed E-state index contributed by atoms with van der Waals surface area (Å²) < 4.78 is 66.8. The topological polar surface area (TPSA) is 140 Å². The molecule has 1 fully saturated rings. The molecule has 0 unspecified atom stereocenters. The third kappa shape index (κ3) is 4.15. The summed E-state index contributed by atoms with van der Waals surface area (Å²) in [6.45, 7) is -0.544. The first kappa shape index (κ1) is 23.9. The molecule has 1 aliphatic rings. The Balaban J connectivity index is 2.32. The van der Waals surface area contributed by atoms with Gasteiger partial charge in [-0.2, -0.15) is 10.4 Å². The summed E-state index contributed by atoms with van der Waals surface area (Å²) in [4.78, 5) is 21.0. The molecule has 1 saturated carbocycles. The molecule has 16 heteroatoms. The second kappa shape index (κ2) is 6.63. The lowest BCUT2D eigenvalue weighted by Crippen LogP contribution is -2.30. The van der Waals surface area contributed by atoms with Crippen molar-refractivity contribution in [2.45, 2.75) is 23.2 Å². The number of nitrogens with zero attached hydrogens (tertiary/aromatic N) is 3. The van der Waals surface area contributed by atoms with Gasteiger partial charge in [-0.15, -0.1) is 0 Å². The monoisotopic (exact) mass is 518 g/mol. The second-order valence-corrected chi connectivity index (χ2v) is 10.3. The Morgan fingerprint density at radius 3 is 2.09 bits per heavy atom. The highest BCUT2D eigenvalue weighted by Crippen LogP contribution is 3.02. The molecule has 1 aromatic heterocycles. The molecule has 1 heterocycles. The molecule has 1 aromatic carbocycles. The smallest absolute Gasteiger partial charge is 0.310 e. The fourth-order valence-corrected chi connectivity index (χ4v) is 4.62. The molecule has 0 bridgehead atoms. The summed E-state index contributed by atoms with van der Waals surface area (Å²) in [6.07, 6.45) is 0.442. The molecule has 0 saturated heterocycles. The molecule has 0 atom stereocenters. The SMILES string of the molecule is N#Cc1nn(-c2c(Cl)cc(S(F)(F)(F)(F)F)cc2Cl)c(NCC(N)=O)c1C1(C(N)=O)CC1. The first-order valence-electron chi connectivity index (χ1n) is 8.50. The number of halogens is 7. The molecule has 32 heavy (non-hydrogen) atoms. The van der Waals surface area contributed by atoms with Crippen LogP contribution >= 0.6 is 33.4 Å². The van der Waals surface area contributed by atoms with Crippen molar-refractivity contribution < 1.29 is 29.0 Å². The summed E-state index contributed by atoms with van der Waals surface area (Å²) in [5.74, 6) is -1.91. The number of primary amides is 2. The van der Waals surface area contributed by atoms with Gasteiger partial charge >= 0.3 is 10.2 Å². The zero-order valence-corrected chi connectivity index (χ0v) is 18.0. The number of nitriles is 1. The van der Waals surface area contributed by atoms with Gasteiger partial charge in [0.15, 0.2) is 5.69 Å². The van der Waals surface area contributed by atoms with Crippen molar-refractivity contribution in [3.63, 3.8) is 0 Å². The zero-order chi connectivity index (χ0) is 24.3. The lowest BCUT2D eigenvalue weighted by Gasteiger charge is -2.40. The molecule has 0 aliphatic heterocycles. The van der Waals surface area contributed by atoms with E-state index in [9.17, 15) is 34.3 Å². The van der Waals surface area contributed by atoms with Crippen LogP contribution in [0.1, 0.15) is 24.1 Å². The number of nitrogens with one attached hydrogen (secondary N) is 1. The summed E-state index contributed by atoms with van der Waals surface area (Å²) in [7, 11) is -10.1. The van der Waals surface area contributed by atoms with E-state index in [4.69, 9.17) is 34.7 Å². The summed E-state index contributed by atoms with van der Waals surface area (Å²) >= 11 is 11.8. The van der Waals surface area contributed by atoms with Crippen molar-refractivity contribution in [1.29, 1.82) is 5.26 Å². The van der Waals surface area contributed by atoms with E-state index in [-0.39, 0.29) is 42.0 Å². The van der Waals surface area contributed by atoms with Gasteiger partial charge in [0.05, 0.1) is 22.0 Å². The average molecular weight is 519 g/mol. The van der Waals surface area contributed by atoms with Crippen LogP contribution in [0.15, 0.2) is 17.0 Å². The number of rotatable bonds is 7. The zero-order valence-electron chi connectivity index (χ0n) is 15.6. The summed E-state index contributed by atoms with van der Waals surface area (Å²) in [6, 6.07) is 1.66. The molecular weight excluding hydrogens is 506 g/mol. The lowest BCUT2D eigenvalue weighted by molar-refractivity contribution is -0.120. The van der Waals surface area contributed by atoms with E-state index in [0.717, 1.165) is 4.68 Å². The Morgan fingerprint density at radius 2 is 1.72 bits per heavy atom. The molecule has 8 nitrogen and oxygen atoms in total. The first-order chi connectivity index (χ1) is 14.4. The molecule has 0 radical (unpaired) electrons. The van der Waals surface area contributed by atoms with Crippen molar-refractivity contribution in [1.82, 2.24) is 9.78 Å². The maximum absolute atomic E-state index is 13.2. The highest BCUT2D eigenvalue weighted by atomic mass is 35.5. The molecule has 3 rings (SSSR count). The third-order valence-electron chi connectivity index (χ3n) is 4.77. The second-order valence-electron chi connectivity index (χ2n) is 7.07. The summed E-state index contributed by atoms with van der Waals surface area (Å²) in [5, 5.41) is 14.2. The normalized spacial score (nSPS) is 17.1. The van der Waals surface area contributed by atoms with Gasteiger partial charge in [0.2, 0.25) is 11.8 Å². The Morgan fingerprint density at radius 1 is 1.19 bits per heavy atom. The van der Waals surface area contributed by atoms with E-state index in [1.807, 2.05) is 0 Å². The van der Waals surface area contributed by atoms with Crippen LogP contribution in [-0.2, 0) is 15.0 Å². The molecule has 2 amide bonds. The van der Waals surface area contributed by atoms with Gasteiger partial charge in [-0.1, -0.05) is 42.6 Å². The quantitative estimate of drug-likeness (QED) is 0.473. The summed E-state index contributed by atoms with van der Waals surface area (Å²) in [5.41, 5.74) is 8.32. The predicted octanol–water partition coefficient (Wildman–Crippen LogP) is 4.12. The number of benzene rings is 1. The van der Waals surface area contributed by atoms with Gasteiger partial charge in [-0.25, -0.2) is 4.68 Å². The van der Waals surface area contributed by atoms with Crippen LogP contribution in [0.5, 0.6) is 0 Å². The van der Waals surface area contributed by atoms with E-state index in [0.29, 0.717) is 0 Å². The maximum Gasteiger partial charge on any atom is 0.310 e.